The van der Waals surface area contributed by atoms with Crippen molar-refractivity contribution in [2.24, 2.45) is 0 Å². The van der Waals surface area contributed by atoms with Crippen LogP contribution in [-0.2, 0) is 0 Å². The van der Waals surface area contributed by atoms with Gasteiger partial charge in [-0.2, -0.15) is 0 Å². The van der Waals surface area contributed by atoms with E-state index in [0.29, 0.717) is 17.5 Å². The second-order valence-electron chi connectivity index (χ2n) is 13.2. The standard InChI is InChI=1S/C49H31N3S/c1-3-11-32(12-4-1)34-19-25-37(26-20-34)47-50-48(38-27-21-35(22-28-38)33-13-5-2-6-14-33)52-49(51-47)39-29-23-36(24-30-39)45-41-16-8-7-15-40(41)31-44-46(45)42-17-9-10-18-43(42)53-44/h1-31H. The van der Waals surface area contributed by atoms with Crippen molar-refractivity contribution in [1.82, 2.24) is 15.0 Å². The number of nitrogens with zero attached hydrogens (tertiary/aromatic N) is 3. The van der Waals surface area contributed by atoms with Crippen LogP contribution in [0, 0.1) is 0 Å². The molecule has 0 spiro atoms. The molecule has 2 aromatic heterocycles. The van der Waals surface area contributed by atoms with Crippen molar-refractivity contribution in [2.75, 3.05) is 0 Å². The zero-order valence-electron chi connectivity index (χ0n) is 28.6. The molecule has 0 saturated heterocycles. The van der Waals surface area contributed by atoms with Crippen molar-refractivity contribution in [2.45, 2.75) is 0 Å². The van der Waals surface area contributed by atoms with E-state index >= 15 is 0 Å². The smallest absolute Gasteiger partial charge is 0.164 e. The van der Waals surface area contributed by atoms with Crippen LogP contribution in [0.25, 0.3) is 98.5 Å². The van der Waals surface area contributed by atoms with E-state index in [1.807, 2.05) is 23.5 Å². The first-order chi connectivity index (χ1) is 26.2. The Kier molecular flexibility index (Phi) is 7.67. The van der Waals surface area contributed by atoms with Crippen molar-refractivity contribution < 1.29 is 0 Å². The summed E-state index contributed by atoms with van der Waals surface area (Å²) in [5, 5.41) is 5.09. The molecule has 0 bridgehead atoms. The maximum absolute atomic E-state index is 5.08. The third kappa shape index (κ3) is 5.76. The van der Waals surface area contributed by atoms with Crippen molar-refractivity contribution in [1.29, 1.82) is 0 Å². The lowest BCUT2D eigenvalue weighted by Crippen LogP contribution is -2.00. The fourth-order valence-electron chi connectivity index (χ4n) is 7.28. The number of rotatable bonds is 6. The van der Waals surface area contributed by atoms with E-state index in [4.69, 9.17) is 15.0 Å². The van der Waals surface area contributed by atoms with Gasteiger partial charge in [-0.05, 0) is 56.3 Å². The first-order valence-corrected chi connectivity index (χ1v) is 18.6. The van der Waals surface area contributed by atoms with Crippen LogP contribution in [0.4, 0.5) is 0 Å². The summed E-state index contributed by atoms with van der Waals surface area (Å²) in [5.41, 5.74) is 9.89. The molecule has 0 aliphatic carbocycles. The molecular weight excluding hydrogens is 663 g/mol. The maximum Gasteiger partial charge on any atom is 0.164 e. The summed E-state index contributed by atoms with van der Waals surface area (Å²) in [6.45, 7) is 0. The van der Waals surface area contributed by atoms with Gasteiger partial charge in [-0.25, -0.2) is 15.0 Å². The molecule has 0 amide bonds. The van der Waals surface area contributed by atoms with Crippen LogP contribution in [0.2, 0.25) is 0 Å². The van der Waals surface area contributed by atoms with Gasteiger partial charge in [0.2, 0.25) is 0 Å². The Morgan fingerprint density at radius 1 is 0.302 bits per heavy atom. The first kappa shape index (κ1) is 31.0. The summed E-state index contributed by atoms with van der Waals surface area (Å²) in [5.74, 6) is 1.92. The molecule has 10 rings (SSSR count). The Hall–Kier alpha value is -6.75. The van der Waals surface area contributed by atoms with Crippen molar-refractivity contribution in [3.63, 3.8) is 0 Å². The molecule has 2 heterocycles. The van der Waals surface area contributed by atoms with Gasteiger partial charge in [-0.1, -0.05) is 176 Å². The fraction of sp³-hybridized carbons (Fsp3) is 0. The molecular formula is C49H31N3S. The van der Waals surface area contributed by atoms with Crippen LogP contribution in [0.1, 0.15) is 0 Å². The summed E-state index contributed by atoms with van der Waals surface area (Å²) in [6.07, 6.45) is 0. The van der Waals surface area contributed by atoms with E-state index in [1.54, 1.807) is 0 Å². The van der Waals surface area contributed by atoms with Gasteiger partial charge < -0.3 is 0 Å². The lowest BCUT2D eigenvalue weighted by molar-refractivity contribution is 1.07. The van der Waals surface area contributed by atoms with Gasteiger partial charge in [-0.15, -0.1) is 11.3 Å². The maximum atomic E-state index is 5.08. The van der Waals surface area contributed by atoms with Crippen molar-refractivity contribution >= 4 is 42.3 Å². The third-order valence-electron chi connectivity index (χ3n) is 9.96. The highest BCUT2D eigenvalue weighted by Crippen LogP contribution is 2.44. The largest absolute Gasteiger partial charge is 0.208 e. The Labute approximate surface area is 311 Å². The predicted octanol–water partition coefficient (Wildman–Crippen LogP) is 13.4. The highest BCUT2D eigenvalue weighted by molar-refractivity contribution is 7.26. The summed E-state index contributed by atoms with van der Waals surface area (Å²) < 4.78 is 2.60. The van der Waals surface area contributed by atoms with Gasteiger partial charge in [0.1, 0.15) is 0 Å². The number of hydrogen-bond donors (Lipinski definition) is 0. The van der Waals surface area contributed by atoms with E-state index in [2.05, 4.69) is 176 Å². The van der Waals surface area contributed by atoms with Gasteiger partial charge in [0, 0.05) is 36.9 Å². The molecule has 0 unspecified atom stereocenters. The fourth-order valence-corrected chi connectivity index (χ4v) is 8.45. The number of benzene rings is 8. The monoisotopic (exact) mass is 693 g/mol. The van der Waals surface area contributed by atoms with Crippen LogP contribution >= 0.6 is 11.3 Å². The van der Waals surface area contributed by atoms with Crippen LogP contribution < -0.4 is 0 Å². The van der Waals surface area contributed by atoms with E-state index in [1.165, 1.54) is 53.2 Å². The minimum Gasteiger partial charge on any atom is -0.208 e. The lowest BCUT2D eigenvalue weighted by atomic mass is 9.93. The molecule has 0 fully saturated rings. The first-order valence-electron chi connectivity index (χ1n) is 17.8. The highest BCUT2D eigenvalue weighted by Gasteiger charge is 2.17. The van der Waals surface area contributed by atoms with Gasteiger partial charge in [0.05, 0.1) is 0 Å². The summed E-state index contributed by atoms with van der Waals surface area (Å²) in [4.78, 5) is 15.2. The van der Waals surface area contributed by atoms with E-state index in [9.17, 15) is 0 Å². The van der Waals surface area contributed by atoms with E-state index in [0.717, 1.165) is 27.8 Å². The Morgan fingerprint density at radius 2 is 0.698 bits per heavy atom. The average Bonchev–Trinajstić information content (AvgIpc) is 3.61. The van der Waals surface area contributed by atoms with Gasteiger partial charge in [-0.3, -0.25) is 0 Å². The molecule has 0 saturated carbocycles. The topological polar surface area (TPSA) is 38.7 Å². The van der Waals surface area contributed by atoms with Gasteiger partial charge >= 0.3 is 0 Å². The minimum absolute atomic E-state index is 0.639. The number of hydrogen-bond acceptors (Lipinski definition) is 4. The Bertz CT molecular complexity index is 2800. The van der Waals surface area contributed by atoms with E-state index in [-0.39, 0.29) is 0 Å². The number of thiophene rings is 1. The summed E-state index contributed by atoms with van der Waals surface area (Å²) >= 11 is 1.86. The van der Waals surface area contributed by atoms with Gasteiger partial charge in [0.25, 0.3) is 0 Å². The molecule has 53 heavy (non-hydrogen) atoms. The van der Waals surface area contributed by atoms with Crippen LogP contribution in [0.3, 0.4) is 0 Å². The second kappa shape index (κ2) is 13.1. The van der Waals surface area contributed by atoms with Crippen LogP contribution in [0.5, 0.6) is 0 Å². The highest BCUT2D eigenvalue weighted by atomic mass is 32.1. The normalized spacial score (nSPS) is 11.4. The summed E-state index contributed by atoms with van der Waals surface area (Å²) in [7, 11) is 0. The molecule has 248 valence electrons. The molecule has 0 atom stereocenters. The molecule has 8 aromatic carbocycles. The molecule has 0 aliphatic heterocycles. The number of aromatic nitrogens is 3. The molecule has 3 nitrogen and oxygen atoms in total. The molecule has 0 aliphatic rings. The van der Waals surface area contributed by atoms with E-state index < -0.39 is 0 Å². The van der Waals surface area contributed by atoms with Crippen LogP contribution in [-0.4, -0.2) is 15.0 Å². The lowest BCUT2D eigenvalue weighted by Gasteiger charge is -2.12. The Balaban J connectivity index is 1.09. The van der Waals surface area contributed by atoms with Crippen LogP contribution in [0.15, 0.2) is 188 Å². The quantitative estimate of drug-likeness (QED) is 0.174. The SMILES string of the molecule is c1ccc(-c2ccc(-c3nc(-c4ccc(-c5ccccc5)cc4)nc(-c4ccc(-c5c6ccccc6cc6sc7ccccc7c56)cc4)n3)cc2)cc1. The van der Waals surface area contributed by atoms with Crippen molar-refractivity contribution in [3.05, 3.63) is 188 Å². The number of fused-ring (bicyclic) bond motifs is 4. The average molecular weight is 694 g/mol. The second-order valence-corrected chi connectivity index (χ2v) is 14.3. The zero-order chi connectivity index (χ0) is 35.1. The third-order valence-corrected chi connectivity index (χ3v) is 11.1. The predicted molar refractivity (Wildman–Crippen MR) is 223 cm³/mol. The zero-order valence-corrected chi connectivity index (χ0v) is 29.5. The molecule has 0 radical (unpaired) electrons. The molecule has 4 heteroatoms. The Morgan fingerprint density at radius 3 is 1.23 bits per heavy atom. The molecule has 10 aromatic rings. The van der Waals surface area contributed by atoms with Crippen molar-refractivity contribution in [3.8, 4) is 67.5 Å². The summed E-state index contributed by atoms with van der Waals surface area (Å²) in [6, 6.07) is 66.3. The molecule has 0 N–H and O–H groups in total. The minimum atomic E-state index is 0.639. The van der Waals surface area contributed by atoms with Gasteiger partial charge in [0.15, 0.2) is 17.5 Å².